The first-order chi connectivity index (χ1) is 12.8. The molecule has 4 nitrogen and oxygen atoms in total. The van der Waals surface area contributed by atoms with Crippen LogP contribution in [0.15, 0.2) is 5.10 Å². The van der Waals surface area contributed by atoms with Gasteiger partial charge in [0.05, 0.1) is 11.1 Å². The van der Waals surface area contributed by atoms with Crippen molar-refractivity contribution in [2.24, 2.45) is 10.5 Å². The molecule has 0 unspecified atom stereocenters. The van der Waals surface area contributed by atoms with Gasteiger partial charge in [0, 0.05) is 28.6 Å². The summed E-state index contributed by atoms with van der Waals surface area (Å²) >= 11 is 0. The number of hydrogen-bond donors (Lipinski definition) is 0. The van der Waals surface area contributed by atoms with Gasteiger partial charge < -0.3 is 0 Å². The normalized spacial score (nSPS) is 33.0. The topological polar surface area (TPSA) is 41.1 Å². The summed E-state index contributed by atoms with van der Waals surface area (Å²) in [6, 6.07) is 0. The zero-order valence-electron chi connectivity index (χ0n) is 19.9. The first-order valence-corrected chi connectivity index (χ1v) is 11.6. The second-order valence-electron chi connectivity index (χ2n) is 12.2. The van der Waals surface area contributed by atoms with Crippen LogP contribution in [0.2, 0.25) is 0 Å². The van der Waals surface area contributed by atoms with E-state index in [0.717, 1.165) is 19.3 Å². The zero-order valence-corrected chi connectivity index (χ0v) is 19.9. The third-order valence-electron chi connectivity index (χ3n) is 8.33. The summed E-state index contributed by atoms with van der Waals surface area (Å²) < 4.78 is 0. The molecule has 0 amide bonds. The van der Waals surface area contributed by atoms with Crippen LogP contribution in [0.3, 0.4) is 0 Å². The zero-order chi connectivity index (χ0) is 21.0. The Morgan fingerprint density at radius 2 is 1.18 bits per heavy atom. The van der Waals surface area contributed by atoms with Crippen molar-refractivity contribution in [3.8, 4) is 0 Å². The van der Waals surface area contributed by atoms with Crippen molar-refractivity contribution in [3.63, 3.8) is 0 Å². The molecule has 2 radical (unpaired) electrons. The second kappa shape index (κ2) is 6.97. The van der Waals surface area contributed by atoms with Gasteiger partial charge in [-0.1, -0.05) is 25.7 Å². The number of hydrogen-bond acceptors (Lipinski definition) is 3. The van der Waals surface area contributed by atoms with Gasteiger partial charge in [0.15, 0.2) is 0 Å². The predicted octanol–water partition coefficient (Wildman–Crippen LogP) is 5.97. The summed E-state index contributed by atoms with van der Waals surface area (Å²) in [5, 5.41) is 9.68. The Kier molecular flexibility index (Phi) is 5.50. The summed E-state index contributed by atoms with van der Waals surface area (Å²) in [6.07, 6.45) is 11.9. The van der Waals surface area contributed by atoms with Crippen LogP contribution in [-0.4, -0.2) is 37.9 Å². The van der Waals surface area contributed by atoms with E-state index in [1.54, 1.807) is 5.01 Å². The molecule has 1 aliphatic carbocycles. The maximum atomic E-state index is 11.3. The van der Waals surface area contributed by atoms with Crippen molar-refractivity contribution in [2.45, 2.75) is 142 Å². The highest BCUT2D eigenvalue weighted by Crippen LogP contribution is 2.54. The van der Waals surface area contributed by atoms with Gasteiger partial charge in [-0.2, -0.15) is 10.1 Å². The van der Waals surface area contributed by atoms with Crippen LogP contribution in [0.1, 0.15) is 120 Å². The molecule has 3 fully saturated rings. The van der Waals surface area contributed by atoms with Crippen LogP contribution >= 0.6 is 0 Å². The molecule has 160 valence electrons. The smallest absolute Gasteiger partial charge is 0.0529 e. The van der Waals surface area contributed by atoms with Crippen molar-refractivity contribution < 1.29 is 0 Å². The van der Waals surface area contributed by atoms with Gasteiger partial charge in [0.1, 0.15) is 0 Å². The Balaban J connectivity index is 2.15. The van der Waals surface area contributed by atoms with E-state index in [0.29, 0.717) is 0 Å². The van der Waals surface area contributed by atoms with E-state index < -0.39 is 0 Å². The third-order valence-corrected chi connectivity index (χ3v) is 8.33. The average Bonchev–Trinajstić information content (AvgIpc) is 2.82. The van der Waals surface area contributed by atoms with E-state index >= 15 is 0 Å². The van der Waals surface area contributed by atoms with Gasteiger partial charge >= 0.3 is 0 Å². The van der Waals surface area contributed by atoms with E-state index in [4.69, 9.17) is 5.10 Å². The summed E-state index contributed by atoms with van der Waals surface area (Å²) in [4.78, 5) is 0. The molecule has 3 rings (SSSR count). The molecule has 3 aliphatic rings. The number of nitrogens with zero attached hydrogens (tertiary/aromatic N) is 4. The van der Waals surface area contributed by atoms with Gasteiger partial charge in [-0.25, -0.2) is 0 Å². The van der Waals surface area contributed by atoms with Crippen molar-refractivity contribution >= 4 is 5.71 Å². The predicted molar refractivity (Wildman–Crippen MR) is 118 cm³/mol. The number of piperidine rings is 2. The Morgan fingerprint density at radius 3 is 1.68 bits per heavy atom. The Morgan fingerprint density at radius 1 is 0.679 bits per heavy atom. The maximum absolute atomic E-state index is 11.3. The van der Waals surface area contributed by atoms with Gasteiger partial charge in [-0.15, -0.1) is 0 Å². The molecule has 2 heterocycles. The maximum Gasteiger partial charge on any atom is 0.0529 e. The van der Waals surface area contributed by atoms with Crippen LogP contribution in [-0.2, 0) is 0 Å². The van der Waals surface area contributed by atoms with E-state index in [1.165, 1.54) is 50.7 Å². The largest absolute Gasteiger partial charge is 0.286 e. The Bertz CT molecular complexity index is 590. The molecular weight excluding hydrogens is 344 g/mol. The van der Waals surface area contributed by atoms with E-state index in [9.17, 15) is 5.84 Å². The highest BCUT2D eigenvalue weighted by atomic mass is 15.5. The van der Waals surface area contributed by atoms with Crippen LogP contribution in [0.4, 0.5) is 0 Å². The fourth-order valence-corrected chi connectivity index (χ4v) is 6.71. The molecular formula is C24H44N4. The van der Waals surface area contributed by atoms with Gasteiger partial charge in [0.2, 0.25) is 0 Å². The molecule has 0 aromatic heterocycles. The monoisotopic (exact) mass is 388 g/mol. The molecule has 2 saturated heterocycles. The Hall–Kier alpha value is -0.610. The third kappa shape index (κ3) is 3.43. The first kappa shape index (κ1) is 22.1. The summed E-state index contributed by atoms with van der Waals surface area (Å²) in [6.45, 7) is 18.3. The molecule has 1 saturated carbocycles. The lowest BCUT2D eigenvalue weighted by atomic mass is 9.57. The van der Waals surface area contributed by atoms with Crippen LogP contribution in [0.25, 0.3) is 0 Å². The van der Waals surface area contributed by atoms with Crippen molar-refractivity contribution in [1.29, 1.82) is 0 Å². The molecule has 1 spiro atoms. The second-order valence-corrected chi connectivity index (χ2v) is 12.2. The number of rotatable bonds is 1. The SMILES string of the molecule is CC1(C)CCCC(C)(C)N1N=C1CC(C)(C)N([N])C(C)(C)C12CCCCCC2. The molecule has 0 aromatic rings. The quantitative estimate of drug-likeness (QED) is 0.555. The highest BCUT2D eigenvalue weighted by Gasteiger charge is 2.59. The lowest BCUT2D eigenvalue weighted by Gasteiger charge is -2.61. The summed E-state index contributed by atoms with van der Waals surface area (Å²) in [5.41, 5.74) is 0.831. The lowest BCUT2D eigenvalue weighted by molar-refractivity contribution is -0.0799. The van der Waals surface area contributed by atoms with Crippen molar-refractivity contribution in [2.75, 3.05) is 0 Å². The van der Waals surface area contributed by atoms with Gasteiger partial charge in [-0.3, -0.25) is 5.01 Å². The fraction of sp³-hybridized carbons (Fsp3) is 0.958. The van der Waals surface area contributed by atoms with Crippen LogP contribution in [0.5, 0.6) is 0 Å². The fourth-order valence-electron chi connectivity index (χ4n) is 6.71. The summed E-state index contributed by atoms with van der Waals surface area (Å²) in [5.74, 6) is 11.3. The lowest BCUT2D eigenvalue weighted by Crippen LogP contribution is -2.70. The van der Waals surface area contributed by atoms with Crippen LogP contribution < -0.4 is 5.84 Å². The molecule has 0 aromatic carbocycles. The molecule has 0 atom stereocenters. The standard InChI is InChI=1S/C24H44N4/c1-20(2)14-13-15-21(3,4)28(20)26-19-18-22(5,6)27(25)23(7,8)24(19)16-11-9-10-12-17-24/h9-18H2,1-8H3. The molecule has 0 bridgehead atoms. The molecule has 2 aliphatic heterocycles. The minimum absolute atomic E-state index is 0.0443. The number of hydrazone groups is 1. The van der Waals surface area contributed by atoms with Crippen LogP contribution in [0, 0.1) is 5.41 Å². The van der Waals surface area contributed by atoms with Gasteiger partial charge in [-0.05, 0) is 93.3 Å². The average molecular weight is 389 g/mol. The minimum atomic E-state index is -0.317. The van der Waals surface area contributed by atoms with Crippen molar-refractivity contribution in [3.05, 3.63) is 0 Å². The Labute approximate surface area is 174 Å². The summed E-state index contributed by atoms with van der Waals surface area (Å²) in [7, 11) is 0. The van der Waals surface area contributed by atoms with Gasteiger partial charge in [0.25, 0.3) is 0 Å². The molecule has 0 N–H and O–H groups in total. The minimum Gasteiger partial charge on any atom is -0.286 e. The first-order valence-electron chi connectivity index (χ1n) is 11.6. The van der Waals surface area contributed by atoms with E-state index in [2.05, 4.69) is 60.4 Å². The molecule has 4 heteroatoms. The van der Waals surface area contributed by atoms with E-state index in [-0.39, 0.29) is 27.6 Å². The highest BCUT2D eigenvalue weighted by molar-refractivity contribution is 5.93. The van der Waals surface area contributed by atoms with E-state index in [1.807, 2.05) is 0 Å². The molecule has 28 heavy (non-hydrogen) atoms. The van der Waals surface area contributed by atoms with Crippen molar-refractivity contribution in [1.82, 2.24) is 15.9 Å².